The van der Waals surface area contributed by atoms with Crippen molar-refractivity contribution in [3.8, 4) is 11.8 Å². The normalized spacial score (nSPS) is 9.75. The first kappa shape index (κ1) is 12.9. The lowest BCUT2D eigenvalue weighted by Gasteiger charge is -2.09. The van der Waals surface area contributed by atoms with Gasteiger partial charge in [-0.2, -0.15) is 17.0 Å². The van der Waals surface area contributed by atoms with E-state index in [2.05, 4.69) is 11.6 Å². The van der Waals surface area contributed by atoms with Crippen LogP contribution < -0.4 is 10.1 Å². The number of thioether (sulfide) groups is 1. The van der Waals surface area contributed by atoms with Gasteiger partial charge in [-0.1, -0.05) is 18.2 Å². The molecular weight excluding hydrogens is 220 g/mol. The Hall–Kier alpha value is -1.18. The van der Waals surface area contributed by atoms with Gasteiger partial charge in [-0.3, -0.25) is 0 Å². The standard InChI is InChI=1S/C12H16N2OS/c1-16-9-7-14-10-11-4-2-3-5-12(11)15-8-6-13/h2-5,14H,7-10H2,1H3. The molecule has 0 saturated carbocycles. The molecule has 0 fully saturated rings. The SMILES string of the molecule is CSCCNCc1ccccc1OCC#N. The van der Waals surface area contributed by atoms with Gasteiger partial charge in [0.25, 0.3) is 0 Å². The third-order valence-corrected chi connectivity index (χ3v) is 2.68. The number of benzene rings is 1. The molecule has 0 amide bonds. The number of rotatable bonds is 7. The predicted octanol–water partition coefficient (Wildman–Crippen LogP) is 2.04. The molecule has 1 aromatic carbocycles. The molecular formula is C12H16N2OS. The van der Waals surface area contributed by atoms with Gasteiger partial charge in [-0.15, -0.1) is 0 Å². The third-order valence-electron chi connectivity index (χ3n) is 2.06. The van der Waals surface area contributed by atoms with Crippen LogP contribution >= 0.6 is 11.8 Å². The molecule has 0 heterocycles. The van der Waals surface area contributed by atoms with E-state index in [4.69, 9.17) is 10.00 Å². The predicted molar refractivity (Wildman–Crippen MR) is 67.6 cm³/mol. The lowest BCUT2D eigenvalue weighted by atomic mass is 10.2. The fraction of sp³-hybridized carbons (Fsp3) is 0.417. The van der Waals surface area contributed by atoms with Crippen LogP contribution in [0.2, 0.25) is 0 Å². The monoisotopic (exact) mass is 236 g/mol. The number of para-hydroxylation sites is 1. The largest absolute Gasteiger partial charge is 0.478 e. The molecule has 3 nitrogen and oxygen atoms in total. The third kappa shape index (κ3) is 4.56. The van der Waals surface area contributed by atoms with Crippen molar-refractivity contribution >= 4 is 11.8 Å². The van der Waals surface area contributed by atoms with Crippen LogP contribution in [-0.2, 0) is 6.54 Å². The van der Waals surface area contributed by atoms with Gasteiger partial charge in [0.2, 0.25) is 0 Å². The molecule has 16 heavy (non-hydrogen) atoms. The molecule has 0 radical (unpaired) electrons. The second kappa shape index (κ2) is 8.03. The highest BCUT2D eigenvalue weighted by molar-refractivity contribution is 7.98. The maximum absolute atomic E-state index is 8.47. The Kier molecular flexibility index (Phi) is 6.47. The van der Waals surface area contributed by atoms with Crippen molar-refractivity contribution in [2.75, 3.05) is 25.2 Å². The van der Waals surface area contributed by atoms with E-state index in [0.717, 1.165) is 30.2 Å². The Bertz CT molecular complexity index is 349. The molecule has 4 heteroatoms. The van der Waals surface area contributed by atoms with Crippen LogP contribution in [0.15, 0.2) is 24.3 Å². The average Bonchev–Trinajstić information content (AvgIpc) is 2.33. The minimum absolute atomic E-state index is 0.0990. The molecule has 1 rings (SSSR count). The average molecular weight is 236 g/mol. The highest BCUT2D eigenvalue weighted by Gasteiger charge is 2.01. The maximum atomic E-state index is 8.47. The van der Waals surface area contributed by atoms with Crippen LogP contribution in [0.5, 0.6) is 5.75 Å². The van der Waals surface area contributed by atoms with E-state index >= 15 is 0 Å². The van der Waals surface area contributed by atoms with E-state index in [0.29, 0.717) is 0 Å². The molecule has 1 aromatic rings. The quantitative estimate of drug-likeness (QED) is 0.736. The molecule has 0 spiro atoms. The molecule has 86 valence electrons. The summed E-state index contributed by atoms with van der Waals surface area (Å²) in [4.78, 5) is 0. The van der Waals surface area contributed by atoms with Crippen molar-refractivity contribution in [2.24, 2.45) is 0 Å². The first-order valence-corrected chi connectivity index (χ1v) is 6.55. The van der Waals surface area contributed by atoms with Gasteiger partial charge in [-0.25, -0.2) is 0 Å². The van der Waals surface area contributed by atoms with E-state index in [1.54, 1.807) is 0 Å². The molecule has 0 atom stereocenters. The second-order valence-corrected chi connectivity index (χ2v) is 4.21. The molecule has 0 bridgehead atoms. The number of nitriles is 1. The minimum atomic E-state index is 0.0990. The zero-order valence-electron chi connectivity index (χ0n) is 9.40. The fourth-order valence-corrected chi connectivity index (χ4v) is 1.65. The fourth-order valence-electron chi connectivity index (χ4n) is 1.30. The number of nitrogens with one attached hydrogen (secondary N) is 1. The molecule has 0 unspecified atom stereocenters. The van der Waals surface area contributed by atoms with E-state index in [1.807, 2.05) is 42.1 Å². The number of ether oxygens (including phenoxy) is 1. The Morgan fingerprint density at radius 1 is 1.44 bits per heavy atom. The van der Waals surface area contributed by atoms with E-state index in [1.165, 1.54) is 0 Å². The van der Waals surface area contributed by atoms with Gasteiger partial charge in [0, 0.05) is 24.4 Å². The minimum Gasteiger partial charge on any atom is -0.478 e. The second-order valence-electron chi connectivity index (χ2n) is 3.22. The van der Waals surface area contributed by atoms with Crippen LogP contribution in [0, 0.1) is 11.3 Å². The van der Waals surface area contributed by atoms with Crippen molar-refractivity contribution in [1.82, 2.24) is 5.32 Å². The number of hydrogen-bond acceptors (Lipinski definition) is 4. The molecule has 0 aliphatic carbocycles. The Morgan fingerprint density at radius 2 is 2.25 bits per heavy atom. The Morgan fingerprint density at radius 3 is 3.00 bits per heavy atom. The number of nitrogens with zero attached hydrogens (tertiary/aromatic N) is 1. The summed E-state index contributed by atoms with van der Waals surface area (Å²) in [5.41, 5.74) is 1.10. The summed E-state index contributed by atoms with van der Waals surface area (Å²) in [6, 6.07) is 9.77. The van der Waals surface area contributed by atoms with Gasteiger partial charge < -0.3 is 10.1 Å². The molecule has 0 aromatic heterocycles. The Balaban J connectivity index is 2.47. The summed E-state index contributed by atoms with van der Waals surface area (Å²) in [7, 11) is 0. The van der Waals surface area contributed by atoms with E-state index in [-0.39, 0.29) is 6.61 Å². The van der Waals surface area contributed by atoms with Crippen LogP contribution in [0.3, 0.4) is 0 Å². The highest BCUT2D eigenvalue weighted by Crippen LogP contribution is 2.17. The van der Waals surface area contributed by atoms with E-state index < -0.39 is 0 Å². The van der Waals surface area contributed by atoms with Gasteiger partial charge in [0.05, 0.1) is 0 Å². The lowest BCUT2D eigenvalue weighted by molar-refractivity contribution is 0.363. The summed E-state index contributed by atoms with van der Waals surface area (Å²) in [5.74, 6) is 1.89. The van der Waals surface area contributed by atoms with Crippen molar-refractivity contribution in [3.63, 3.8) is 0 Å². The van der Waals surface area contributed by atoms with Gasteiger partial charge in [0.15, 0.2) is 6.61 Å². The lowest BCUT2D eigenvalue weighted by Crippen LogP contribution is -2.17. The van der Waals surface area contributed by atoms with Crippen LogP contribution in [0.1, 0.15) is 5.56 Å². The maximum Gasteiger partial charge on any atom is 0.174 e. The zero-order valence-corrected chi connectivity index (χ0v) is 10.2. The Labute approximate surface area is 101 Å². The summed E-state index contributed by atoms with van der Waals surface area (Å²) in [5, 5.41) is 11.8. The molecule has 0 aliphatic rings. The molecule has 0 saturated heterocycles. The van der Waals surface area contributed by atoms with Crippen molar-refractivity contribution < 1.29 is 4.74 Å². The topological polar surface area (TPSA) is 45.0 Å². The van der Waals surface area contributed by atoms with Crippen LogP contribution in [0.25, 0.3) is 0 Å². The first-order valence-electron chi connectivity index (χ1n) is 5.15. The van der Waals surface area contributed by atoms with E-state index in [9.17, 15) is 0 Å². The highest BCUT2D eigenvalue weighted by atomic mass is 32.2. The van der Waals surface area contributed by atoms with Crippen molar-refractivity contribution in [1.29, 1.82) is 5.26 Å². The van der Waals surface area contributed by atoms with Gasteiger partial charge in [-0.05, 0) is 12.3 Å². The molecule has 1 N–H and O–H groups in total. The van der Waals surface area contributed by atoms with Crippen LogP contribution in [0.4, 0.5) is 0 Å². The zero-order chi connectivity index (χ0) is 11.6. The summed E-state index contributed by atoms with van der Waals surface area (Å²) in [6.45, 7) is 1.86. The summed E-state index contributed by atoms with van der Waals surface area (Å²) >= 11 is 1.82. The van der Waals surface area contributed by atoms with Gasteiger partial charge >= 0.3 is 0 Å². The van der Waals surface area contributed by atoms with Crippen molar-refractivity contribution in [2.45, 2.75) is 6.54 Å². The van der Waals surface area contributed by atoms with Crippen molar-refractivity contribution in [3.05, 3.63) is 29.8 Å². The molecule has 0 aliphatic heterocycles. The van der Waals surface area contributed by atoms with Crippen LogP contribution in [-0.4, -0.2) is 25.2 Å². The first-order chi connectivity index (χ1) is 7.88. The summed E-state index contributed by atoms with van der Waals surface area (Å²) in [6.07, 6.45) is 2.09. The summed E-state index contributed by atoms with van der Waals surface area (Å²) < 4.78 is 5.34. The smallest absolute Gasteiger partial charge is 0.174 e. The van der Waals surface area contributed by atoms with Gasteiger partial charge in [0.1, 0.15) is 11.8 Å². The number of hydrogen-bond donors (Lipinski definition) is 1.